The molecule has 1 N–H and O–H groups in total. The molecular weight excluding hydrogens is 146 g/mol. The van der Waals surface area contributed by atoms with Crippen LogP contribution in [-0.4, -0.2) is 13.6 Å². The zero-order valence-electron chi connectivity index (χ0n) is 9.03. The molecule has 0 fully saturated rings. The second-order valence-corrected chi connectivity index (χ2v) is 3.85. The molecule has 0 aromatic rings. The van der Waals surface area contributed by atoms with Crippen molar-refractivity contribution in [2.24, 2.45) is 5.92 Å². The van der Waals surface area contributed by atoms with Crippen molar-refractivity contribution in [3.63, 3.8) is 0 Å². The van der Waals surface area contributed by atoms with Gasteiger partial charge in [-0.25, -0.2) is 0 Å². The van der Waals surface area contributed by atoms with Crippen molar-refractivity contribution in [2.75, 3.05) is 13.6 Å². The third-order valence-corrected chi connectivity index (χ3v) is 2.42. The van der Waals surface area contributed by atoms with E-state index in [0.29, 0.717) is 0 Å². The van der Waals surface area contributed by atoms with Gasteiger partial charge in [0.1, 0.15) is 0 Å². The highest BCUT2D eigenvalue weighted by atomic mass is 14.8. The van der Waals surface area contributed by atoms with Crippen molar-refractivity contribution >= 4 is 0 Å². The van der Waals surface area contributed by atoms with Gasteiger partial charge in [0, 0.05) is 0 Å². The minimum absolute atomic E-state index is 0.935. The van der Waals surface area contributed by atoms with E-state index in [1.165, 1.54) is 45.1 Å². The summed E-state index contributed by atoms with van der Waals surface area (Å²) in [6.07, 6.45) is 8.35. The predicted molar refractivity (Wildman–Crippen MR) is 56.5 cm³/mol. The van der Waals surface area contributed by atoms with E-state index in [9.17, 15) is 0 Å². The van der Waals surface area contributed by atoms with Gasteiger partial charge < -0.3 is 5.32 Å². The first kappa shape index (κ1) is 12.0. The third kappa shape index (κ3) is 8.06. The summed E-state index contributed by atoms with van der Waals surface area (Å²) in [4.78, 5) is 0. The maximum atomic E-state index is 3.19. The second kappa shape index (κ2) is 9.05. The van der Waals surface area contributed by atoms with Crippen molar-refractivity contribution < 1.29 is 0 Å². The average molecular weight is 171 g/mol. The van der Waals surface area contributed by atoms with Crippen LogP contribution in [0.15, 0.2) is 0 Å². The number of unbranched alkanes of at least 4 members (excludes halogenated alkanes) is 2. The first-order chi connectivity index (χ1) is 5.81. The summed E-state index contributed by atoms with van der Waals surface area (Å²) in [7, 11) is 2.03. The van der Waals surface area contributed by atoms with Gasteiger partial charge in [0.2, 0.25) is 0 Å². The van der Waals surface area contributed by atoms with Crippen molar-refractivity contribution in [1.29, 1.82) is 0 Å². The smallest absolute Gasteiger partial charge is 0.00518 e. The van der Waals surface area contributed by atoms with Gasteiger partial charge in [-0.2, -0.15) is 0 Å². The molecule has 1 nitrogen and oxygen atoms in total. The normalized spacial score (nSPS) is 13.2. The predicted octanol–water partition coefficient (Wildman–Crippen LogP) is 3.20. The summed E-state index contributed by atoms with van der Waals surface area (Å²) in [5.74, 6) is 0.935. The van der Waals surface area contributed by atoms with E-state index in [4.69, 9.17) is 0 Å². The molecule has 0 aromatic heterocycles. The Balaban J connectivity index is 3.04. The highest BCUT2D eigenvalue weighted by molar-refractivity contribution is 4.54. The van der Waals surface area contributed by atoms with Gasteiger partial charge in [-0.3, -0.25) is 0 Å². The fourth-order valence-corrected chi connectivity index (χ4v) is 1.51. The Morgan fingerprint density at radius 1 is 1.08 bits per heavy atom. The lowest BCUT2D eigenvalue weighted by Crippen LogP contribution is -2.09. The number of hydrogen-bond donors (Lipinski definition) is 1. The average Bonchev–Trinajstić information content (AvgIpc) is 2.06. The summed E-state index contributed by atoms with van der Waals surface area (Å²) in [6, 6.07) is 0. The zero-order chi connectivity index (χ0) is 9.23. The molecule has 0 saturated heterocycles. The van der Waals surface area contributed by atoms with E-state index < -0.39 is 0 Å². The minimum atomic E-state index is 0.935. The maximum absolute atomic E-state index is 3.19. The summed E-state index contributed by atoms with van der Waals surface area (Å²) in [5.41, 5.74) is 0. The van der Waals surface area contributed by atoms with Crippen molar-refractivity contribution in [3.05, 3.63) is 0 Å². The summed E-state index contributed by atoms with van der Waals surface area (Å²) >= 11 is 0. The van der Waals surface area contributed by atoms with Crippen molar-refractivity contribution in [1.82, 2.24) is 5.32 Å². The monoisotopic (exact) mass is 171 g/mol. The van der Waals surface area contributed by atoms with Gasteiger partial charge in [0.05, 0.1) is 0 Å². The summed E-state index contributed by atoms with van der Waals surface area (Å²) in [6.45, 7) is 5.83. The van der Waals surface area contributed by atoms with Gasteiger partial charge in [-0.1, -0.05) is 39.5 Å². The molecule has 0 aliphatic rings. The molecular formula is C11H25N. The van der Waals surface area contributed by atoms with E-state index >= 15 is 0 Å². The highest BCUT2D eigenvalue weighted by Gasteiger charge is 2.00. The fraction of sp³-hybridized carbons (Fsp3) is 1.00. The SMILES string of the molecule is CCCCC[C@@H](C)CCCNC. The van der Waals surface area contributed by atoms with E-state index in [-0.39, 0.29) is 0 Å². The van der Waals surface area contributed by atoms with Gasteiger partial charge in [-0.05, 0) is 32.4 Å². The Bertz CT molecular complexity index is 71.1. The van der Waals surface area contributed by atoms with Crippen LogP contribution in [-0.2, 0) is 0 Å². The molecule has 0 spiro atoms. The van der Waals surface area contributed by atoms with Crippen LogP contribution < -0.4 is 5.32 Å². The fourth-order valence-electron chi connectivity index (χ4n) is 1.51. The lowest BCUT2D eigenvalue weighted by atomic mass is 9.98. The molecule has 0 aliphatic heterocycles. The van der Waals surface area contributed by atoms with E-state index in [1.54, 1.807) is 0 Å². The van der Waals surface area contributed by atoms with Crippen molar-refractivity contribution in [2.45, 2.75) is 52.4 Å². The lowest BCUT2D eigenvalue weighted by molar-refractivity contribution is 0.447. The number of rotatable bonds is 8. The topological polar surface area (TPSA) is 12.0 Å². The van der Waals surface area contributed by atoms with E-state index in [0.717, 1.165) is 5.92 Å². The largest absolute Gasteiger partial charge is 0.320 e. The maximum Gasteiger partial charge on any atom is -0.00518 e. The van der Waals surface area contributed by atoms with Crippen LogP contribution in [0.5, 0.6) is 0 Å². The second-order valence-electron chi connectivity index (χ2n) is 3.85. The van der Waals surface area contributed by atoms with Gasteiger partial charge >= 0.3 is 0 Å². The van der Waals surface area contributed by atoms with Crippen LogP contribution in [0.3, 0.4) is 0 Å². The number of hydrogen-bond acceptors (Lipinski definition) is 1. The lowest BCUT2D eigenvalue weighted by Gasteiger charge is -2.09. The van der Waals surface area contributed by atoms with Gasteiger partial charge in [-0.15, -0.1) is 0 Å². The van der Waals surface area contributed by atoms with Crippen LogP contribution in [0.4, 0.5) is 0 Å². The standard InChI is InChI=1S/C11H25N/c1-4-5-6-8-11(2)9-7-10-12-3/h11-12H,4-10H2,1-3H3/t11-/m1/s1. The molecule has 0 bridgehead atoms. The molecule has 74 valence electrons. The Hall–Kier alpha value is -0.0400. The third-order valence-electron chi connectivity index (χ3n) is 2.42. The van der Waals surface area contributed by atoms with Crippen LogP contribution >= 0.6 is 0 Å². The Labute approximate surface area is 77.9 Å². The molecule has 0 amide bonds. The molecule has 12 heavy (non-hydrogen) atoms. The molecule has 0 unspecified atom stereocenters. The molecule has 0 heterocycles. The summed E-state index contributed by atoms with van der Waals surface area (Å²) < 4.78 is 0. The molecule has 1 heteroatoms. The first-order valence-electron chi connectivity index (χ1n) is 5.45. The van der Waals surface area contributed by atoms with Gasteiger partial charge in [0.15, 0.2) is 0 Å². The molecule has 0 rings (SSSR count). The Kier molecular flexibility index (Phi) is 9.02. The van der Waals surface area contributed by atoms with E-state index in [1.807, 2.05) is 7.05 Å². The van der Waals surface area contributed by atoms with E-state index in [2.05, 4.69) is 19.2 Å². The minimum Gasteiger partial charge on any atom is -0.320 e. The Morgan fingerprint density at radius 2 is 1.75 bits per heavy atom. The highest BCUT2D eigenvalue weighted by Crippen LogP contribution is 2.14. The summed E-state index contributed by atoms with van der Waals surface area (Å²) in [5, 5.41) is 3.19. The van der Waals surface area contributed by atoms with Crippen LogP contribution in [0, 0.1) is 5.92 Å². The van der Waals surface area contributed by atoms with Crippen LogP contribution in [0.2, 0.25) is 0 Å². The first-order valence-corrected chi connectivity index (χ1v) is 5.45. The molecule has 0 saturated carbocycles. The zero-order valence-corrected chi connectivity index (χ0v) is 9.03. The molecule has 1 atom stereocenters. The van der Waals surface area contributed by atoms with Crippen molar-refractivity contribution in [3.8, 4) is 0 Å². The van der Waals surface area contributed by atoms with Crippen LogP contribution in [0.1, 0.15) is 52.4 Å². The molecule has 0 aromatic carbocycles. The van der Waals surface area contributed by atoms with Crippen LogP contribution in [0.25, 0.3) is 0 Å². The molecule has 0 aliphatic carbocycles. The number of nitrogens with one attached hydrogen (secondary N) is 1. The quantitative estimate of drug-likeness (QED) is 0.553. The van der Waals surface area contributed by atoms with Gasteiger partial charge in [0.25, 0.3) is 0 Å². The Morgan fingerprint density at radius 3 is 2.33 bits per heavy atom. The molecule has 0 radical (unpaired) electrons.